The molecule has 0 aliphatic carbocycles. The average Bonchev–Trinajstić information content (AvgIpc) is 2.49. The molecule has 2 aromatic rings. The molecule has 4 nitrogen and oxygen atoms in total. The zero-order chi connectivity index (χ0) is 15.0. The van der Waals surface area contributed by atoms with Gasteiger partial charge >= 0.3 is 0 Å². The van der Waals surface area contributed by atoms with Crippen LogP contribution in [0.1, 0.15) is 21.6 Å². The number of aromatic nitrogens is 2. The second-order valence-electron chi connectivity index (χ2n) is 4.67. The standard InChI is InChI=1S/C14H10Cl3N3O/c15-10-3-1-2-9(12(10)16)14(21)20-5-4-8-11(6-20)18-7-19-13(8)17/h1-3,7H,4-6H2. The second-order valence-corrected chi connectivity index (χ2v) is 5.81. The van der Waals surface area contributed by atoms with E-state index in [9.17, 15) is 4.79 Å². The highest BCUT2D eigenvalue weighted by molar-refractivity contribution is 6.43. The topological polar surface area (TPSA) is 46.1 Å². The van der Waals surface area contributed by atoms with E-state index in [4.69, 9.17) is 34.8 Å². The first-order chi connectivity index (χ1) is 10.1. The van der Waals surface area contributed by atoms with Crippen LogP contribution in [0.4, 0.5) is 0 Å². The maximum Gasteiger partial charge on any atom is 0.255 e. The van der Waals surface area contributed by atoms with Gasteiger partial charge < -0.3 is 4.90 Å². The Morgan fingerprint density at radius 3 is 2.81 bits per heavy atom. The Kier molecular flexibility index (Phi) is 4.02. The quantitative estimate of drug-likeness (QED) is 0.743. The highest BCUT2D eigenvalue weighted by atomic mass is 35.5. The highest BCUT2D eigenvalue weighted by Crippen LogP contribution is 2.28. The number of nitrogens with zero attached hydrogens (tertiary/aromatic N) is 3. The van der Waals surface area contributed by atoms with Crippen LogP contribution >= 0.6 is 34.8 Å². The summed E-state index contributed by atoms with van der Waals surface area (Å²) < 4.78 is 0. The number of hydrogen-bond acceptors (Lipinski definition) is 3. The monoisotopic (exact) mass is 341 g/mol. The molecular formula is C14H10Cl3N3O. The fourth-order valence-corrected chi connectivity index (χ4v) is 2.96. The van der Waals surface area contributed by atoms with Gasteiger partial charge in [0.1, 0.15) is 11.5 Å². The molecule has 0 fully saturated rings. The zero-order valence-electron chi connectivity index (χ0n) is 10.8. The van der Waals surface area contributed by atoms with Crippen LogP contribution in [0, 0.1) is 0 Å². The van der Waals surface area contributed by atoms with Gasteiger partial charge in [0.05, 0.1) is 27.8 Å². The summed E-state index contributed by atoms with van der Waals surface area (Å²) in [5.74, 6) is -0.164. The zero-order valence-corrected chi connectivity index (χ0v) is 13.1. The Morgan fingerprint density at radius 1 is 1.19 bits per heavy atom. The molecule has 0 atom stereocenters. The van der Waals surface area contributed by atoms with Crippen LogP contribution < -0.4 is 0 Å². The van der Waals surface area contributed by atoms with Crippen LogP contribution in [-0.2, 0) is 13.0 Å². The molecule has 1 amide bonds. The van der Waals surface area contributed by atoms with Gasteiger partial charge in [-0.05, 0) is 18.6 Å². The lowest BCUT2D eigenvalue weighted by molar-refractivity contribution is 0.0732. The fourth-order valence-electron chi connectivity index (χ4n) is 2.33. The minimum absolute atomic E-state index is 0.164. The van der Waals surface area contributed by atoms with Crippen molar-refractivity contribution in [3.63, 3.8) is 0 Å². The summed E-state index contributed by atoms with van der Waals surface area (Å²) in [6.07, 6.45) is 2.03. The Morgan fingerprint density at radius 2 is 2.00 bits per heavy atom. The molecule has 0 bridgehead atoms. The highest BCUT2D eigenvalue weighted by Gasteiger charge is 2.26. The van der Waals surface area contributed by atoms with Crippen molar-refractivity contribution in [2.45, 2.75) is 13.0 Å². The van der Waals surface area contributed by atoms with E-state index in [2.05, 4.69) is 9.97 Å². The molecule has 0 saturated carbocycles. The third kappa shape index (κ3) is 2.71. The lowest BCUT2D eigenvalue weighted by Gasteiger charge is -2.28. The summed E-state index contributed by atoms with van der Waals surface area (Å²) in [7, 11) is 0. The molecule has 0 unspecified atom stereocenters. The molecule has 0 N–H and O–H groups in total. The van der Waals surface area contributed by atoms with Crippen molar-refractivity contribution in [2.75, 3.05) is 6.54 Å². The predicted octanol–water partition coefficient (Wildman–Crippen LogP) is 3.64. The van der Waals surface area contributed by atoms with Gasteiger partial charge in [-0.3, -0.25) is 4.79 Å². The van der Waals surface area contributed by atoms with Crippen LogP contribution in [0.2, 0.25) is 15.2 Å². The van der Waals surface area contributed by atoms with E-state index < -0.39 is 0 Å². The molecule has 0 saturated heterocycles. The van der Waals surface area contributed by atoms with E-state index in [0.29, 0.717) is 35.2 Å². The summed E-state index contributed by atoms with van der Waals surface area (Å²) >= 11 is 18.1. The Bertz CT molecular complexity index is 721. The Hall–Kier alpha value is -1.36. The molecule has 108 valence electrons. The number of benzene rings is 1. The van der Waals surface area contributed by atoms with Crippen LogP contribution in [0.25, 0.3) is 0 Å². The summed E-state index contributed by atoms with van der Waals surface area (Å²) in [6, 6.07) is 5.02. The Balaban J connectivity index is 1.89. The summed E-state index contributed by atoms with van der Waals surface area (Å²) in [4.78, 5) is 22.4. The van der Waals surface area contributed by atoms with Gasteiger partial charge in [0.25, 0.3) is 5.91 Å². The molecule has 2 heterocycles. The number of fused-ring (bicyclic) bond motifs is 1. The predicted molar refractivity (Wildman–Crippen MR) is 81.9 cm³/mol. The van der Waals surface area contributed by atoms with Gasteiger partial charge in [-0.25, -0.2) is 9.97 Å². The van der Waals surface area contributed by atoms with Crippen molar-refractivity contribution in [2.24, 2.45) is 0 Å². The van der Waals surface area contributed by atoms with Crippen molar-refractivity contribution in [3.8, 4) is 0 Å². The lowest BCUT2D eigenvalue weighted by atomic mass is 10.1. The van der Waals surface area contributed by atoms with Gasteiger partial charge in [0, 0.05) is 12.1 Å². The average molecular weight is 343 g/mol. The van der Waals surface area contributed by atoms with E-state index in [1.54, 1.807) is 23.1 Å². The second kappa shape index (κ2) is 5.79. The van der Waals surface area contributed by atoms with Gasteiger partial charge in [-0.2, -0.15) is 0 Å². The van der Waals surface area contributed by atoms with Crippen molar-refractivity contribution >= 4 is 40.7 Å². The van der Waals surface area contributed by atoms with Crippen molar-refractivity contribution in [3.05, 3.63) is 56.5 Å². The molecule has 1 aromatic heterocycles. The lowest BCUT2D eigenvalue weighted by Crippen LogP contribution is -2.36. The first kappa shape index (κ1) is 14.6. The van der Waals surface area contributed by atoms with E-state index >= 15 is 0 Å². The number of hydrogen-bond donors (Lipinski definition) is 0. The van der Waals surface area contributed by atoms with Crippen LogP contribution in [-0.4, -0.2) is 27.3 Å². The molecule has 1 aliphatic heterocycles. The number of rotatable bonds is 1. The first-order valence-corrected chi connectivity index (χ1v) is 7.43. The van der Waals surface area contributed by atoms with Gasteiger partial charge in [0.15, 0.2) is 0 Å². The minimum Gasteiger partial charge on any atom is -0.332 e. The molecule has 21 heavy (non-hydrogen) atoms. The molecule has 1 aliphatic rings. The van der Waals surface area contributed by atoms with E-state index in [-0.39, 0.29) is 10.9 Å². The SMILES string of the molecule is O=C(c1cccc(Cl)c1Cl)N1CCc2c(Cl)ncnc2C1. The van der Waals surface area contributed by atoms with Gasteiger partial charge in [-0.1, -0.05) is 40.9 Å². The molecule has 1 aromatic carbocycles. The van der Waals surface area contributed by atoms with Gasteiger partial charge in [-0.15, -0.1) is 0 Å². The van der Waals surface area contributed by atoms with Crippen molar-refractivity contribution in [1.82, 2.24) is 14.9 Å². The summed E-state index contributed by atoms with van der Waals surface area (Å²) in [6.45, 7) is 0.932. The number of carbonyl (C=O) groups excluding carboxylic acids is 1. The van der Waals surface area contributed by atoms with E-state index in [0.717, 1.165) is 11.3 Å². The summed E-state index contributed by atoms with van der Waals surface area (Å²) in [5, 5.41) is 1.09. The van der Waals surface area contributed by atoms with Crippen molar-refractivity contribution in [1.29, 1.82) is 0 Å². The maximum atomic E-state index is 12.6. The van der Waals surface area contributed by atoms with E-state index in [1.165, 1.54) is 6.33 Å². The van der Waals surface area contributed by atoms with Crippen LogP contribution in [0.15, 0.2) is 24.5 Å². The molecule has 0 spiro atoms. The molecular weight excluding hydrogens is 333 g/mol. The summed E-state index contributed by atoms with van der Waals surface area (Å²) in [5.41, 5.74) is 2.07. The number of carbonyl (C=O) groups is 1. The smallest absolute Gasteiger partial charge is 0.255 e. The normalized spacial score (nSPS) is 14.0. The fraction of sp³-hybridized carbons (Fsp3) is 0.214. The molecule has 0 radical (unpaired) electrons. The maximum absolute atomic E-state index is 12.6. The van der Waals surface area contributed by atoms with Crippen LogP contribution in [0.5, 0.6) is 0 Å². The number of amides is 1. The molecule has 3 rings (SSSR count). The largest absolute Gasteiger partial charge is 0.332 e. The third-order valence-electron chi connectivity index (χ3n) is 3.42. The van der Waals surface area contributed by atoms with E-state index in [1.807, 2.05) is 0 Å². The first-order valence-electron chi connectivity index (χ1n) is 6.29. The Labute approximate surface area is 136 Å². The molecule has 7 heteroatoms. The minimum atomic E-state index is -0.164. The third-order valence-corrected chi connectivity index (χ3v) is 4.57. The van der Waals surface area contributed by atoms with Gasteiger partial charge in [0.2, 0.25) is 0 Å². The van der Waals surface area contributed by atoms with Crippen molar-refractivity contribution < 1.29 is 4.79 Å². The number of halogens is 3. The van der Waals surface area contributed by atoms with Crippen LogP contribution in [0.3, 0.4) is 0 Å².